The van der Waals surface area contributed by atoms with E-state index in [0.29, 0.717) is 18.2 Å². The summed E-state index contributed by atoms with van der Waals surface area (Å²) in [4.78, 5) is 11.9. The third kappa shape index (κ3) is 3.14. The first-order valence-electron chi connectivity index (χ1n) is 6.69. The van der Waals surface area contributed by atoms with Gasteiger partial charge in [0.2, 0.25) is 0 Å². The molecule has 0 aliphatic rings. The summed E-state index contributed by atoms with van der Waals surface area (Å²) in [5.41, 5.74) is 2.91. The zero-order valence-electron chi connectivity index (χ0n) is 12.1. The van der Waals surface area contributed by atoms with E-state index in [2.05, 4.69) is 21.0 Å². The van der Waals surface area contributed by atoms with Gasteiger partial charge in [0.15, 0.2) is 5.69 Å². The lowest BCUT2D eigenvalue weighted by molar-refractivity contribution is 0.0518. The summed E-state index contributed by atoms with van der Waals surface area (Å²) in [5, 5.41) is 4.62. The van der Waals surface area contributed by atoms with Gasteiger partial charge in [0, 0.05) is 16.6 Å². The highest BCUT2D eigenvalue weighted by molar-refractivity contribution is 9.10. The quantitative estimate of drug-likeness (QED) is 0.745. The van der Waals surface area contributed by atoms with Crippen LogP contribution in [-0.2, 0) is 11.3 Å². The highest BCUT2D eigenvalue weighted by atomic mass is 79.9. The number of nitrogens with zero attached hydrogens (tertiary/aromatic N) is 2. The van der Waals surface area contributed by atoms with Gasteiger partial charge < -0.3 is 4.74 Å². The Bertz CT molecular complexity index is 683. The van der Waals surface area contributed by atoms with Crippen molar-refractivity contribution in [1.82, 2.24) is 9.78 Å². The Morgan fingerprint density at radius 3 is 2.71 bits per heavy atom. The Kier molecular flexibility index (Phi) is 5.06. The molecule has 0 aliphatic carbocycles. The molecule has 0 radical (unpaired) electrons. The van der Waals surface area contributed by atoms with Crippen LogP contribution >= 0.6 is 27.5 Å². The van der Waals surface area contributed by atoms with Crippen LogP contribution in [0.3, 0.4) is 0 Å². The zero-order valence-corrected chi connectivity index (χ0v) is 14.5. The van der Waals surface area contributed by atoms with Gasteiger partial charge in [-0.1, -0.05) is 33.6 Å². The maximum Gasteiger partial charge on any atom is 0.360 e. The second kappa shape index (κ2) is 6.62. The normalized spacial score (nSPS) is 10.7. The molecule has 0 spiro atoms. The molecule has 0 N–H and O–H groups in total. The van der Waals surface area contributed by atoms with Crippen molar-refractivity contribution in [3.8, 4) is 11.3 Å². The van der Waals surface area contributed by atoms with E-state index < -0.39 is 5.97 Å². The Morgan fingerprint density at radius 1 is 1.43 bits per heavy atom. The van der Waals surface area contributed by atoms with Crippen LogP contribution in [0.1, 0.15) is 29.9 Å². The van der Waals surface area contributed by atoms with E-state index in [1.54, 1.807) is 11.6 Å². The van der Waals surface area contributed by atoms with E-state index in [4.69, 9.17) is 16.3 Å². The first-order chi connectivity index (χ1) is 9.99. The fraction of sp³-hybridized carbons (Fsp3) is 0.333. The topological polar surface area (TPSA) is 44.1 Å². The van der Waals surface area contributed by atoms with Crippen molar-refractivity contribution in [2.24, 2.45) is 0 Å². The number of rotatable bonds is 4. The van der Waals surface area contributed by atoms with Crippen molar-refractivity contribution in [1.29, 1.82) is 0 Å². The zero-order chi connectivity index (χ0) is 15.6. The summed E-state index contributed by atoms with van der Waals surface area (Å²) < 4.78 is 7.72. The molecule has 0 saturated carbocycles. The van der Waals surface area contributed by atoms with Crippen LogP contribution in [0.2, 0.25) is 5.02 Å². The molecule has 0 saturated heterocycles. The first kappa shape index (κ1) is 16.0. The first-order valence-corrected chi connectivity index (χ1v) is 7.86. The third-order valence-corrected chi connectivity index (χ3v) is 3.96. The Labute approximate surface area is 137 Å². The summed E-state index contributed by atoms with van der Waals surface area (Å²) in [7, 11) is 0. The fourth-order valence-corrected chi connectivity index (χ4v) is 2.94. The number of esters is 1. The standard InChI is InChI=1S/C15H16BrClN2O2/c1-4-19-14(11-7-6-10(16)8-9(11)3)12(17)13(18-19)15(20)21-5-2/h6-8H,4-5H2,1-3H3. The number of hydrogen-bond donors (Lipinski definition) is 0. The van der Waals surface area contributed by atoms with Crippen molar-refractivity contribution >= 4 is 33.5 Å². The lowest BCUT2D eigenvalue weighted by atomic mass is 10.1. The molecule has 4 nitrogen and oxygen atoms in total. The average Bonchev–Trinajstić information content (AvgIpc) is 2.76. The van der Waals surface area contributed by atoms with Crippen LogP contribution in [0, 0.1) is 6.92 Å². The maximum atomic E-state index is 11.9. The van der Waals surface area contributed by atoms with E-state index in [-0.39, 0.29) is 5.69 Å². The average molecular weight is 372 g/mol. The molecular weight excluding hydrogens is 356 g/mol. The SMILES string of the molecule is CCOC(=O)c1nn(CC)c(-c2ccc(Br)cc2C)c1Cl. The molecule has 2 rings (SSSR count). The largest absolute Gasteiger partial charge is 0.461 e. The number of halogens is 2. The van der Waals surface area contributed by atoms with Gasteiger partial charge in [-0.15, -0.1) is 0 Å². The van der Waals surface area contributed by atoms with Gasteiger partial charge in [0.05, 0.1) is 12.3 Å². The van der Waals surface area contributed by atoms with E-state index in [1.807, 2.05) is 32.0 Å². The molecule has 0 aliphatic heterocycles. The van der Waals surface area contributed by atoms with Gasteiger partial charge in [-0.25, -0.2) is 4.79 Å². The smallest absolute Gasteiger partial charge is 0.360 e. The molecule has 1 heterocycles. The lowest BCUT2D eigenvalue weighted by Crippen LogP contribution is -2.07. The molecule has 6 heteroatoms. The molecule has 1 aromatic heterocycles. The highest BCUT2D eigenvalue weighted by Gasteiger charge is 2.24. The van der Waals surface area contributed by atoms with Crippen LogP contribution in [0.15, 0.2) is 22.7 Å². The number of carbonyl (C=O) groups is 1. The number of hydrogen-bond acceptors (Lipinski definition) is 3. The monoisotopic (exact) mass is 370 g/mol. The maximum absolute atomic E-state index is 11.9. The van der Waals surface area contributed by atoms with Crippen LogP contribution in [0.4, 0.5) is 0 Å². The van der Waals surface area contributed by atoms with Gasteiger partial charge in [-0.3, -0.25) is 4.68 Å². The van der Waals surface area contributed by atoms with Gasteiger partial charge in [0.1, 0.15) is 5.02 Å². The molecule has 2 aromatic rings. The summed E-state index contributed by atoms with van der Waals surface area (Å²) in [6.07, 6.45) is 0. The second-order valence-corrected chi connectivity index (χ2v) is 5.80. The Hall–Kier alpha value is -1.33. The summed E-state index contributed by atoms with van der Waals surface area (Å²) in [6.45, 7) is 6.61. The van der Waals surface area contributed by atoms with Gasteiger partial charge in [-0.2, -0.15) is 5.10 Å². The third-order valence-electron chi connectivity index (χ3n) is 3.11. The van der Waals surface area contributed by atoms with Crippen LogP contribution < -0.4 is 0 Å². The predicted octanol–water partition coefficient (Wildman–Crippen LogP) is 4.47. The Morgan fingerprint density at radius 2 is 2.14 bits per heavy atom. The van der Waals surface area contributed by atoms with Crippen LogP contribution in [0.5, 0.6) is 0 Å². The lowest BCUT2D eigenvalue weighted by Gasteiger charge is -2.09. The summed E-state index contributed by atoms with van der Waals surface area (Å²) >= 11 is 9.83. The molecule has 112 valence electrons. The fourth-order valence-electron chi connectivity index (χ4n) is 2.15. The van der Waals surface area contributed by atoms with E-state index in [9.17, 15) is 4.79 Å². The molecule has 0 amide bonds. The number of carbonyl (C=O) groups excluding carboxylic acids is 1. The van der Waals surface area contributed by atoms with E-state index in [0.717, 1.165) is 21.3 Å². The summed E-state index contributed by atoms with van der Waals surface area (Å²) in [6, 6.07) is 5.90. The molecule has 0 unspecified atom stereocenters. The molecule has 1 aromatic carbocycles. The van der Waals surface area contributed by atoms with Crippen molar-refractivity contribution in [2.45, 2.75) is 27.3 Å². The van der Waals surface area contributed by atoms with Gasteiger partial charge in [0.25, 0.3) is 0 Å². The molecular formula is C15H16BrClN2O2. The minimum atomic E-state index is -0.495. The minimum absolute atomic E-state index is 0.165. The number of aryl methyl sites for hydroxylation is 2. The van der Waals surface area contributed by atoms with Crippen molar-refractivity contribution < 1.29 is 9.53 Å². The van der Waals surface area contributed by atoms with Crippen LogP contribution in [-0.4, -0.2) is 22.4 Å². The van der Waals surface area contributed by atoms with Crippen molar-refractivity contribution in [3.63, 3.8) is 0 Å². The predicted molar refractivity (Wildman–Crippen MR) is 86.7 cm³/mol. The van der Waals surface area contributed by atoms with Gasteiger partial charge >= 0.3 is 5.97 Å². The van der Waals surface area contributed by atoms with E-state index >= 15 is 0 Å². The minimum Gasteiger partial charge on any atom is -0.461 e. The second-order valence-electron chi connectivity index (χ2n) is 4.51. The number of benzene rings is 1. The van der Waals surface area contributed by atoms with E-state index in [1.165, 1.54) is 0 Å². The van der Waals surface area contributed by atoms with Crippen molar-refractivity contribution in [2.75, 3.05) is 6.61 Å². The van der Waals surface area contributed by atoms with Crippen LogP contribution in [0.25, 0.3) is 11.3 Å². The number of aromatic nitrogens is 2. The Balaban J connectivity index is 2.60. The summed E-state index contributed by atoms with van der Waals surface area (Å²) in [5.74, 6) is -0.495. The molecule has 0 bridgehead atoms. The molecule has 21 heavy (non-hydrogen) atoms. The van der Waals surface area contributed by atoms with Gasteiger partial charge in [-0.05, 0) is 38.5 Å². The molecule has 0 fully saturated rings. The molecule has 0 atom stereocenters. The number of ether oxygens (including phenoxy) is 1. The highest BCUT2D eigenvalue weighted by Crippen LogP contribution is 2.34. The van der Waals surface area contributed by atoms with Crippen molar-refractivity contribution in [3.05, 3.63) is 39.0 Å².